The van der Waals surface area contributed by atoms with E-state index < -0.39 is 0 Å². The number of rotatable bonds is 4. The quantitative estimate of drug-likeness (QED) is 0.898. The van der Waals surface area contributed by atoms with Crippen LogP contribution in [0.2, 0.25) is 0 Å². The van der Waals surface area contributed by atoms with Crippen molar-refractivity contribution < 1.29 is 4.74 Å². The minimum Gasteiger partial charge on any atom is -0.483 e. The predicted molar refractivity (Wildman–Crippen MR) is 72.7 cm³/mol. The number of thiophene rings is 1. The lowest BCUT2D eigenvalue weighted by molar-refractivity contribution is 0.215. The van der Waals surface area contributed by atoms with Gasteiger partial charge in [0.1, 0.15) is 11.9 Å². The first-order valence-electron chi connectivity index (χ1n) is 5.68. The number of benzene rings is 1. The molecular formula is C14H17NOS. The van der Waals surface area contributed by atoms with E-state index in [2.05, 4.69) is 32.0 Å². The Balaban J connectivity index is 2.25. The monoisotopic (exact) mass is 247 g/mol. The Hall–Kier alpha value is -1.32. The molecule has 2 aromatic rings. The molecule has 0 amide bonds. The smallest absolute Gasteiger partial charge is 0.145 e. The van der Waals surface area contributed by atoms with Crippen LogP contribution in [0.25, 0.3) is 0 Å². The molecule has 1 unspecified atom stereocenters. The summed E-state index contributed by atoms with van der Waals surface area (Å²) in [7, 11) is 0. The number of hydrogen-bond acceptors (Lipinski definition) is 3. The highest BCUT2D eigenvalue weighted by Crippen LogP contribution is 2.29. The van der Waals surface area contributed by atoms with Crippen molar-refractivity contribution in [2.24, 2.45) is 5.73 Å². The molecule has 1 atom stereocenters. The number of hydrogen-bond donors (Lipinski definition) is 1. The first-order valence-corrected chi connectivity index (χ1v) is 6.56. The fourth-order valence-electron chi connectivity index (χ4n) is 1.82. The Kier molecular flexibility index (Phi) is 3.82. The number of aryl methyl sites for hydroxylation is 2. The minimum absolute atomic E-state index is 0.0465. The molecule has 0 spiro atoms. The minimum atomic E-state index is -0.0465. The second-order valence-electron chi connectivity index (χ2n) is 4.08. The Morgan fingerprint density at radius 3 is 2.41 bits per heavy atom. The molecule has 17 heavy (non-hydrogen) atoms. The molecule has 0 radical (unpaired) electrons. The molecule has 0 saturated carbocycles. The van der Waals surface area contributed by atoms with E-state index in [0.717, 1.165) is 16.9 Å². The summed E-state index contributed by atoms with van der Waals surface area (Å²) in [5.41, 5.74) is 8.10. The normalized spacial score (nSPS) is 12.4. The standard InChI is InChI=1S/C14H17NOS/c1-10-5-3-6-11(2)14(10)16-12(9-15)13-7-4-8-17-13/h3-8,12H,9,15H2,1-2H3. The van der Waals surface area contributed by atoms with Crippen LogP contribution in [-0.4, -0.2) is 6.54 Å². The molecule has 1 heterocycles. The van der Waals surface area contributed by atoms with Gasteiger partial charge in [-0.1, -0.05) is 24.3 Å². The largest absolute Gasteiger partial charge is 0.483 e. The Morgan fingerprint density at radius 2 is 1.88 bits per heavy atom. The van der Waals surface area contributed by atoms with Gasteiger partial charge in [0, 0.05) is 11.4 Å². The summed E-state index contributed by atoms with van der Waals surface area (Å²) in [6.45, 7) is 4.61. The molecule has 0 aliphatic rings. The van der Waals surface area contributed by atoms with E-state index in [-0.39, 0.29) is 6.10 Å². The van der Waals surface area contributed by atoms with E-state index >= 15 is 0 Å². The topological polar surface area (TPSA) is 35.2 Å². The van der Waals surface area contributed by atoms with Crippen LogP contribution in [-0.2, 0) is 0 Å². The first kappa shape index (κ1) is 12.1. The molecular weight excluding hydrogens is 230 g/mol. The van der Waals surface area contributed by atoms with E-state index in [9.17, 15) is 0 Å². The van der Waals surface area contributed by atoms with Crippen LogP contribution in [0.3, 0.4) is 0 Å². The maximum atomic E-state index is 6.06. The van der Waals surface area contributed by atoms with Gasteiger partial charge in [0.25, 0.3) is 0 Å². The van der Waals surface area contributed by atoms with Crippen molar-refractivity contribution in [1.82, 2.24) is 0 Å². The molecule has 0 saturated heterocycles. The second kappa shape index (κ2) is 5.34. The van der Waals surface area contributed by atoms with Crippen molar-refractivity contribution in [2.75, 3.05) is 6.54 Å². The van der Waals surface area contributed by atoms with Gasteiger partial charge in [0.05, 0.1) is 0 Å². The van der Waals surface area contributed by atoms with E-state index in [1.165, 1.54) is 4.88 Å². The van der Waals surface area contributed by atoms with Gasteiger partial charge in [-0.3, -0.25) is 0 Å². The zero-order valence-corrected chi connectivity index (χ0v) is 11.0. The summed E-state index contributed by atoms with van der Waals surface area (Å²) < 4.78 is 6.06. The second-order valence-corrected chi connectivity index (χ2v) is 5.06. The third kappa shape index (κ3) is 2.68. The molecule has 0 aliphatic carbocycles. The molecule has 0 fully saturated rings. The lowest BCUT2D eigenvalue weighted by Gasteiger charge is -2.19. The lowest BCUT2D eigenvalue weighted by atomic mass is 10.1. The Bertz CT molecular complexity index is 459. The molecule has 0 aliphatic heterocycles. The lowest BCUT2D eigenvalue weighted by Crippen LogP contribution is -2.18. The Morgan fingerprint density at radius 1 is 1.18 bits per heavy atom. The van der Waals surface area contributed by atoms with Crippen LogP contribution >= 0.6 is 11.3 Å². The summed E-state index contributed by atoms with van der Waals surface area (Å²) in [5, 5.41) is 2.05. The van der Waals surface area contributed by atoms with E-state index in [0.29, 0.717) is 6.54 Å². The fraction of sp³-hybridized carbons (Fsp3) is 0.286. The van der Waals surface area contributed by atoms with Gasteiger partial charge < -0.3 is 10.5 Å². The van der Waals surface area contributed by atoms with Gasteiger partial charge in [-0.15, -0.1) is 11.3 Å². The molecule has 2 rings (SSSR count). The van der Waals surface area contributed by atoms with Crippen LogP contribution in [0.15, 0.2) is 35.7 Å². The summed E-state index contributed by atoms with van der Waals surface area (Å²) in [4.78, 5) is 1.18. The number of ether oxygens (including phenoxy) is 1. The maximum absolute atomic E-state index is 6.06. The van der Waals surface area contributed by atoms with Gasteiger partial charge >= 0.3 is 0 Å². The molecule has 2 N–H and O–H groups in total. The van der Waals surface area contributed by atoms with Gasteiger partial charge in [-0.2, -0.15) is 0 Å². The molecule has 1 aromatic heterocycles. The Labute approximate surface area is 106 Å². The molecule has 90 valence electrons. The summed E-state index contributed by atoms with van der Waals surface area (Å²) in [6, 6.07) is 10.3. The number of para-hydroxylation sites is 1. The van der Waals surface area contributed by atoms with E-state index in [1.807, 2.05) is 17.5 Å². The average molecular weight is 247 g/mol. The van der Waals surface area contributed by atoms with Gasteiger partial charge in [-0.25, -0.2) is 0 Å². The average Bonchev–Trinajstić information content (AvgIpc) is 2.82. The molecule has 1 aromatic carbocycles. The molecule has 3 heteroatoms. The zero-order chi connectivity index (χ0) is 12.3. The maximum Gasteiger partial charge on any atom is 0.145 e. The van der Waals surface area contributed by atoms with Crippen molar-refractivity contribution in [3.63, 3.8) is 0 Å². The highest BCUT2D eigenvalue weighted by Gasteiger charge is 2.14. The SMILES string of the molecule is Cc1cccc(C)c1OC(CN)c1cccs1. The zero-order valence-electron chi connectivity index (χ0n) is 10.1. The summed E-state index contributed by atoms with van der Waals surface area (Å²) in [6.07, 6.45) is -0.0465. The molecule has 2 nitrogen and oxygen atoms in total. The van der Waals surface area contributed by atoms with Crippen LogP contribution in [0.1, 0.15) is 22.1 Å². The van der Waals surface area contributed by atoms with Crippen LogP contribution < -0.4 is 10.5 Å². The van der Waals surface area contributed by atoms with Gasteiger partial charge in [0.15, 0.2) is 0 Å². The summed E-state index contributed by atoms with van der Waals surface area (Å²) >= 11 is 1.68. The highest BCUT2D eigenvalue weighted by molar-refractivity contribution is 7.10. The van der Waals surface area contributed by atoms with Crippen molar-refractivity contribution in [3.05, 3.63) is 51.7 Å². The van der Waals surface area contributed by atoms with Crippen molar-refractivity contribution in [3.8, 4) is 5.75 Å². The van der Waals surface area contributed by atoms with Crippen molar-refractivity contribution >= 4 is 11.3 Å². The highest BCUT2D eigenvalue weighted by atomic mass is 32.1. The van der Waals surface area contributed by atoms with Crippen molar-refractivity contribution in [1.29, 1.82) is 0 Å². The first-order chi connectivity index (χ1) is 8.22. The molecule has 0 bridgehead atoms. The third-order valence-electron chi connectivity index (χ3n) is 2.74. The summed E-state index contributed by atoms with van der Waals surface area (Å²) in [5.74, 6) is 0.955. The van der Waals surface area contributed by atoms with Crippen LogP contribution in [0.5, 0.6) is 5.75 Å². The van der Waals surface area contributed by atoms with Crippen molar-refractivity contribution in [2.45, 2.75) is 20.0 Å². The van der Waals surface area contributed by atoms with E-state index in [1.54, 1.807) is 11.3 Å². The van der Waals surface area contributed by atoms with Gasteiger partial charge in [0.2, 0.25) is 0 Å². The third-order valence-corrected chi connectivity index (χ3v) is 3.71. The van der Waals surface area contributed by atoms with E-state index in [4.69, 9.17) is 10.5 Å². The fourth-order valence-corrected chi connectivity index (χ4v) is 2.59. The van der Waals surface area contributed by atoms with Crippen LogP contribution in [0.4, 0.5) is 0 Å². The van der Waals surface area contributed by atoms with Gasteiger partial charge in [-0.05, 0) is 36.4 Å². The predicted octanol–water partition coefficient (Wildman–Crippen LogP) is 3.44. The van der Waals surface area contributed by atoms with Crippen LogP contribution in [0, 0.1) is 13.8 Å². The number of nitrogens with two attached hydrogens (primary N) is 1.